The normalized spacial score (nSPS) is 28.1. The first-order chi connectivity index (χ1) is 5.35. The molecule has 1 aliphatic carbocycles. The van der Waals surface area contributed by atoms with Crippen LogP contribution in [0.4, 0.5) is 0 Å². The first kappa shape index (κ1) is 9.79. The van der Waals surface area contributed by atoms with E-state index in [9.17, 15) is 0 Å². The Labute approximate surface area is 76.0 Å². The number of nitrogens with two attached hydrogens (primary N) is 1. The molecule has 0 bridgehead atoms. The van der Waals surface area contributed by atoms with E-state index in [0.29, 0.717) is 22.8 Å². The van der Waals surface area contributed by atoms with Gasteiger partial charge < -0.3 is 5.73 Å². The summed E-state index contributed by atoms with van der Waals surface area (Å²) >= 11 is 0. The van der Waals surface area contributed by atoms with E-state index in [1.807, 2.05) is 6.08 Å². The molecule has 0 spiro atoms. The lowest BCUT2D eigenvalue weighted by atomic mass is 10.0. The van der Waals surface area contributed by atoms with Crippen LogP contribution in [0.2, 0.25) is 0 Å². The fraction of sp³-hybridized carbons (Fsp3) is 0.818. The van der Waals surface area contributed by atoms with Crippen LogP contribution in [-0.2, 0) is 0 Å². The summed E-state index contributed by atoms with van der Waals surface area (Å²) in [6.45, 7) is 13.0. The zero-order chi connectivity index (χ0) is 9.57. The maximum Gasteiger partial charge on any atom is 0.0112 e. The van der Waals surface area contributed by atoms with Crippen molar-refractivity contribution in [3.05, 3.63) is 12.7 Å². The smallest absolute Gasteiger partial charge is 0.0112 e. The van der Waals surface area contributed by atoms with Gasteiger partial charge in [-0.05, 0) is 23.2 Å². The molecule has 2 N–H and O–H groups in total. The third-order valence-corrected chi connectivity index (χ3v) is 4.00. The van der Waals surface area contributed by atoms with Gasteiger partial charge in [-0.25, -0.2) is 0 Å². The first-order valence-corrected chi connectivity index (χ1v) is 4.72. The average Bonchev–Trinajstić information content (AvgIpc) is 2.24. The van der Waals surface area contributed by atoms with Crippen LogP contribution in [0.25, 0.3) is 0 Å². The Morgan fingerprint density at radius 2 is 1.75 bits per heavy atom. The Morgan fingerprint density at radius 1 is 1.33 bits per heavy atom. The van der Waals surface area contributed by atoms with Crippen molar-refractivity contribution in [1.29, 1.82) is 0 Å². The zero-order valence-corrected chi connectivity index (χ0v) is 8.72. The van der Waals surface area contributed by atoms with Crippen molar-refractivity contribution in [2.75, 3.05) is 0 Å². The summed E-state index contributed by atoms with van der Waals surface area (Å²) < 4.78 is 0. The molecule has 1 aliphatic rings. The van der Waals surface area contributed by atoms with Crippen molar-refractivity contribution in [2.45, 2.75) is 40.2 Å². The molecule has 0 heterocycles. The minimum Gasteiger partial charge on any atom is -0.327 e. The molecule has 0 aromatic heterocycles. The van der Waals surface area contributed by atoms with E-state index in [0.717, 1.165) is 6.42 Å². The molecule has 1 fully saturated rings. The van der Waals surface area contributed by atoms with E-state index in [2.05, 4.69) is 34.3 Å². The molecule has 70 valence electrons. The topological polar surface area (TPSA) is 26.0 Å². The summed E-state index contributed by atoms with van der Waals surface area (Å²) in [5.41, 5.74) is 6.89. The van der Waals surface area contributed by atoms with E-state index in [-0.39, 0.29) is 0 Å². The second-order valence-electron chi connectivity index (χ2n) is 5.11. The summed E-state index contributed by atoms with van der Waals surface area (Å²) in [6.07, 6.45) is 2.87. The molecule has 0 aliphatic heterocycles. The Kier molecular flexibility index (Phi) is 2.12. The van der Waals surface area contributed by atoms with E-state index in [1.165, 1.54) is 0 Å². The zero-order valence-electron chi connectivity index (χ0n) is 8.72. The molecule has 0 amide bonds. The number of rotatable bonds is 3. The highest BCUT2D eigenvalue weighted by atomic mass is 14.8. The van der Waals surface area contributed by atoms with Crippen molar-refractivity contribution in [2.24, 2.45) is 22.5 Å². The fourth-order valence-electron chi connectivity index (χ4n) is 2.65. The Balaban J connectivity index is 2.63. The molecule has 1 unspecified atom stereocenters. The quantitative estimate of drug-likeness (QED) is 0.642. The van der Waals surface area contributed by atoms with Gasteiger partial charge in [0.25, 0.3) is 0 Å². The van der Waals surface area contributed by atoms with Gasteiger partial charge in [0, 0.05) is 6.04 Å². The molecule has 0 radical (unpaired) electrons. The van der Waals surface area contributed by atoms with Crippen molar-refractivity contribution in [3.8, 4) is 0 Å². The maximum absolute atomic E-state index is 6.07. The predicted molar refractivity (Wildman–Crippen MR) is 53.8 cm³/mol. The summed E-state index contributed by atoms with van der Waals surface area (Å²) in [7, 11) is 0. The highest BCUT2D eigenvalue weighted by molar-refractivity contribution is 5.16. The van der Waals surface area contributed by atoms with Gasteiger partial charge in [0.05, 0.1) is 0 Å². The van der Waals surface area contributed by atoms with E-state index in [4.69, 9.17) is 5.73 Å². The third-order valence-electron chi connectivity index (χ3n) is 4.00. The summed E-state index contributed by atoms with van der Waals surface area (Å²) in [6, 6.07) is 0.299. The third kappa shape index (κ3) is 1.11. The van der Waals surface area contributed by atoms with Crippen LogP contribution in [-0.4, -0.2) is 6.04 Å². The highest BCUT2D eigenvalue weighted by Gasteiger charge is 2.66. The summed E-state index contributed by atoms with van der Waals surface area (Å²) in [5, 5.41) is 0. The van der Waals surface area contributed by atoms with Crippen molar-refractivity contribution in [1.82, 2.24) is 0 Å². The molecule has 1 nitrogen and oxygen atoms in total. The van der Waals surface area contributed by atoms with Crippen molar-refractivity contribution < 1.29 is 0 Å². The van der Waals surface area contributed by atoms with E-state index in [1.54, 1.807) is 0 Å². The first-order valence-electron chi connectivity index (χ1n) is 4.72. The van der Waals surface area contributed by atoms with Crippen molar-refractivity contribution >= 4 is 0 Å². The van der Waals surface area contributed by atoms with Gasteiger partial charge in [0.1, 0.15) is 0 Å². The largest absolute Gasteiger partial charge is 0.327 e. The maximum atomic E-state index is 6.07. The van der Waals surface area contributed by atoms with Crippen LogP contribution >= 0.6 is 0 Å². The SMILES string of the molecule is C=CCC(N)C1C(C)(C)C1(C)C. The lowest BCUT2D eigenvalue weighted by Gasteiger charge is -2.10. The van der Waals surface area contributed by atoms with Crippen LogP contribution in [0.1, 0.15) is 34.1 Å². The molecular formula is C11H21N. The van der Waals surface area contributed by atoms with Crippen LogP contribution in [0.3, 0.4) is 0 Å². The second-order valence-corrected chi connectivity index (χ2v) is 5.11. The van der Waals surface area contributed by atoms with Gasteiger partial charge in [-0.15, -0.1) is 6.58 Å². The van der Waals surface area contributed by atoms with Gasteiger partial charge in [0.2, 0.25) is 0 Å². The molecule has 1 atom stereocenters. The molecule has 0 saturated heterocycles. The van der Waals surface area contributed by atoms with Crippen LogP contribution in [0.15, 0.2) is 12.7 Å². The predicted octanol–water partition coefficient (Wildman–Crippen LogP) is 2.57. The van der Waals surface area contributed by atoms with Gasteiger partial charge in [-0.2, -0.15) is 0 Å². The molecule has 0 aromatic carbocycles. The van der Waals surface area contributed by atoms with Crippen molar-refractivity contribution in [3.63, 3.8) is 0 Å². The molecule has 1 saturated carbocycles. The minimum atomic E-state index is 0.299. The lowest BCUT2D eigenvalue weighted by molar-refractivity contribution is 0.457. The van der Waals surface area contributed by atoms with Crippen LogP contribution in [0.5, 0.6) is 0 Å². The molecule has 12 heavy (non-hydrogen) atoms. The fourth-order valence-corrected chi connectivity index (χ4v) is 2.65. The Morgan fingerprint density at radius 3 is 2.00 bits per heavy atom. The highest BCUT2D eigenvalue weighted by Crippen LogP contribution is 2.69. The minimum absolute atomic E-state index is 0.299. The molecular weight excluding hydrogens is 146 g/mol. The van der Waals surface area contributed by atoms with Gasteiger partial charge in [-0.1, -0.05) is 33.8 Å². The molecule has 1 rings (SSSR count). The van der Waals surface area contributed by atoms with Gasteiger partial charge >= 0.3 is 0 Å². The van der Waals surface area contributed by atoms with E-state index < -0.39 is 0 Å². The number of hydrogen-bond donors (Lipinski definition) is 1. The van der Waals surface area contributed by atoms with E-state index >= 15 is 0 Å². The molecule has 0 aromatic rings. The lowest BCUT2D eigenvalue weighted by Crippen LogP contribution is -2.24. The summed E-state index contributed by atoms with van der Waals surface area (Å²) in [4.78, 5) is 0. The monoisotopic (exact) mass is 167 g/mol. The van der Waals surface area contributed by atoms with Crippen LogP contribution in [0, 0.1) is 16.7 Å². The second kappa shape index (κ2) is 2.59. The Bertz CT molecular complexity index is 177. The average molecular weight is 167 g/mol. The summed E-state index contributed by atoms with van der Waals surface area (Å²) in [5.74, 6) is 0.656. The van der Waals surface area contributed by atoms with Gasteiger partial charge in [-0.3, -0.25) is 0 Å². The van der Waals surface area contributed by atoms with Gasteiger partial charge in [0.15, 0.2) is 0 Å². The standard InChI is InChI=1S/C11H21N/c1-6-7-8(12)9-10(2,3)11(9,4)5/h6,8-9H,1,7,12H2,2-5H3. The van der Waals surface area contributed by atoms with Crippen LogP contribution < -0.4 is 5.73 Å². The molecule has 1 heteroatoms. The Hall–Kier alpha value is -0.300. The number of hydrogen-bond acceptors (Lipinski definition) is 1.